The zero-order valence-electron chi connectivity index (χ0n) is 13.4. The standard InChI is InChI=1S/C17H32N2O2/c20-17(8-12-21-13-9-17)14-18-15-6-10-19(11-7-15)16-4-2-1-3-5-16/h15-16,18,20H,1-14H2. The van der Waals surface area contributed by atoms with Gasteiger partial charge < -0.3 is 20.1 Å². The van der Waals surface area contributed by atoms with Crippen LogP contribution in [0.1, 0.15) is 57.8 Å². The van der Waals surface area contributed by atoms with E-state index >= 15 is 0 Å². The fourth-order valence-corrected chi connectivity index (χ4v) is 4.18. The molecule has 122 valence electrons. The maximum atomic E-state index is 10.5. The Balaban J connectivity index is 1.37. The summed E-state index contributed by atoms with van der Waals surface area (Å²) >= 11 is 0. The molecule has 0 radical (unpaired) electrons. The SMILES string of the molecule is OC1(CNC2CCN(C3CCCCC3)CC2)CCOCC1. The molecule has 2 heterocycles. The van der Waals surface area contributed by atoms with Gasteiger partial charge in [0, 0.05) is 44.7 Å². The highest BCUT2D eigenvalue weighted by Gasteiger charge is 2.31. The molecule has 1 aliphatic carbocycles. The highest BCUT2D eigenvalue weighted by atomic mass is 16.5. The Labute approximate surface area is 129 Å². The number of rotatable bonds is 4. The molecule has 1 saturated carbocycles. The lowest BCUT2D eigenvalue weighted by molar-refractivity contribution is -0.0637. The summed E-state index contributed by atoms with van der Waals surface area (Å²) in [4.78, 5) is 2.72. The first-order valence-electron chi connectivity index (χ1n) is 9.03. The Kier molecular flexibility index (Phi) is 5.54. The van der Waals surface area contributed by atoms with E-state index in [1.165, 1.54) is 58.0 Å². The van der Waals surface area contributed by atoms with Crippen LogP contribution in [0, 0.1) is 0 Å². The van der Waals surface area contributed by atoms with Gasteiger partial charge in [-0.25, -0.2) is 0 Å². The van der Waals surface area contributed by atoms with Crippen LogP contribution < -0.4 is 5.32 Å². The Hall–Kier alpha value is -0.160. The molecular weight excluding hydrogens is 264 g/mol. The molecule has 3 rings (SSSR count). The Morgan fingerprint density at radius 3 is 2.33 bits per heavy atom. The quantitative estimate of drug-likeness (QED) is 0.832. The number of hydrogen-bond donors (Lipinski definition) is 2. The number of nitrogens with one attached hydrogen (secondary N) is 1. The molecule has 2 aliphatic heterocycles. The summed E-state index contributed by atoms with van der Waals surface area (Å²) in [6, 6.07) is 1.45. The van der Waals surface area contributed by atoms with Crippen LogP contribution in [0.25, 0.3) is 0 Å². The molecule has 0 aromatic rings. The van der Waals surface area contributed by atoms with Crippen molar-refractivity contribution in [1.82, 2.24) is 10.2 Å². The van der Waals surface area contributed by atoms with E-state index in [0.29, 0.717) is 19.3 Å². The summed E-state index contributed by atoms with van der Waals surface area (Å²) in [6.45, 7) is 4.63. The highest BCUT2D eigenvalue weighted by molar-refractivity contribution is 4.88. The molecule has 0 aromatic carbocycles. The lowest BCUT2D eigenvalue weighted by atomic mass is 9.91. The van der Waals surface area contributed by atoms with Crippen molar-refractivity contribution in [3.8, 4) is 0 Å². The zero-order chi connectivity index (χ0) is 14.5. The fraction of sp³-hybridized carbons (Fsp3) is 1.00. The van der Waals surface area contributed by atoms with Crippen LogP contribution in [0.4, 0.5) is 0 Å². The normalized spacial score (nSPS) is 29.6. The summed E-state index contributed by atoms with van der Waals surface area (Å²) < 4.78 is 5.34. The topological polar surface area (TPSA) is 44.7 Å². The molecule has 3 fully saturated rings. The smallest absolute Gasteiger partial charge is 0.0815 e. The fourth-order valence-electron chi connectivity index (χ4n) is 4.18. The van der Waals surface area contributed by atoms with Crippen LogP contribution in [-0.4, -0.2) is 60.5 Å². The van der Waals surface area contributed by atoms with E-state index < -0.39 is 5.60 Å². The van der Waals surface area contributed by atoms with Crippen LogP contribution in [0.5, 0.6) is 0 Å². The maximum Gasteiger partial charge on any atom is 0.0815 e. The van der Waals surface area contributed by atoms with E-state index in [1.807, 2.05) is 0 Å². The Morgan fingerprint density at radius 2 is 1.67 bits per heavy atom. The molecule has 3 aliphatic rings. The van der Waals surface area contributed by atoms with Crippen molar-refractivity contribution < 1.29 is 9.84 Å². The van der Waals surface area contributed by atoms with Gasteiger partial charge in [0.2, 0.25) is 0 Å². The first-order valence-corrected chi connectivity index (χ1v) is 9.03. The van der Waals surface area contributed by atoms with E-state index in [9.17, 15) is 5.11 Å². The van der Waals surface area contributed by atoms with E-state index in [2.05, 4.69) is 10.2 Å². The van der Waals surface area contributed by atoms with Gasteiger partial charge in [-0.1, -0.05) is 19.3 Å². The Morgan fingerprint density at radius 1 is 1.00 bits per heavy atom. The summed E-state index contributed by atoms with van der Waals surface area (Å²) in [5.74, 6) is 0. The summed E-state index contributed by atoms with van der Waals surface area (Å²) in [5, 5.41) is 14.1. The highest BCUT2D eigenvalue weighted by Crippen LogP contribution is 2.26. The van der Waals surface area contributed by atoms with Gasteiger partial charge in [0.15, 0.2) is 0 Å². The molecule has 4 nitrogen and oxygen atoms in total. The van der Waals surface area contributed by atoms with E-state index in [-0.39, 0.29) is 0 Å². The van der Waals surface area contributed by atoms with Crippen LogP contribution in [0.15, 0.2) is 0 Å². The molecule has 0 amide bonds. The first kappa shape index (κ1) is 15.7. The molecule has 0 bridgehead atoms. The Bertz CT molecular complexity index is 304. The molecule has 0 unspecified atom stereocenters. The third-order valence-corrected chi connectivity index (χ3v) is 5.76. The van der Waals surface area contributed by atoms with Gasteiger partial charge in [0.1, 0.15) is 0 Å². The van der Waals surface area contributed by atoms with Gasteiger partial charge in [-0.2, -0.15) is 0 Å². The molecule has 0 spiro atoms. The van der Waals surface area contributed by atoms with Crippen LogP contribution >= 0.6 is 0 Å². The zero-order valence-corrected chi connectivity index (χ0v) is 13.4. The van der Waals surface area contributed by atoms with E-state index in [4.69, 9.17) is 4.74 Å². The van der Waals surface area contributed by atoms with Gasteiger partial charge >= 0.3 is 0 Å². The summed E-state index contributed by atoms with van der Waals surface area (Å²) in [6.07, 6.45) is 11.2. The van der Waals surface area contributed by atoms with Crippen molar-refractivity contribution in [3.63, 3.8) is 0 Å². The molecule has 2 N–H and O–H groups in total. The second-order valence-corrected chi connectivity index (χ2v) is 7.32. The van der Waals surface area contributed by atoms with Gasteiger partial charge in [0.05, 0.1) is 5.60 Å². The predicted octanol–water partition coefficient (Wildman–Crippen LogP) is 1.91. The number of ether oxygens (including phenoxy) is 1. The minimum Gasteiger partial charge on any atom is -0.388 e. The summed E-state index contributed by atoms with van der Waals surface area (Å²) in [7, 11) is 0. The molecule has 4 heteroatoms. The number of likely N-dealkylation sites (tertiary alicyclic amines) is 1. The van der Waals surface area contributed by atoms with Crippen molar-refractivity contribution in [2.45, 2.75) is 75.5 Å². The minimum atomic E-state index is -0.529. The maximum absolute atomic E-state index is 10.5. The van der Waals surface area contributed by atoms with Gasteiger partial charge in [-0.3, -0.25) is 0 Å². The van der Waals surface area contributed by atoms with Gasteiger partial charge in [-0.05, 0) is 38.8 Å². The predicted molar refractivity (Wildman–Crippen MR) is 84.5 cm³/mol. The van der Waals surface area contributed by atoms with Crippen LogP contribution in [0.2, 0.25) is 0 Å². The van der Waals surface area contributed by atoms with Gasteiger partial charge in [-0.15, -0.1) is 0 Å². The minimum absolute atomic E-state index is 0.529. The van der Waals surface area contributed by atoms with Crippen molar-refractivity contribution in [2.24, 2.45) is 0 Å². The average molecular weight is 296 g/mol. The van der Waals surface area contributed by atoms with Crippen molar-refractivity contribution >= 4 is 0 Å². The molecule has 0 atom stereocenters. The molecule has 0 aromatic heterocycles. The molecule has 21 heavy (non-hydrogen) atoms. The lowest BCUT2D eigenvalue weighted by Gasteiger charge is -2.40. The molecular formula is C17H32N2O2. The van der Waals surface area contributed by atoms with Crippen molar-refractivity contribution in [3.05, 3.63) is 0 Å². The molecule has 2 saturated heterocycles. The van der Waals surface area contributed by atoms with Crippen molar-refractivity contribution in [2.75, 3.05) is 32.8 Å². The van der Waals surface area contributed by atoms with E-state index in [0.717, 1.165) is 25.4 Å². The van der Waals surface area contributed by atoms with E-state index in [1.54, 1.807) is 0 Å². The number of nitrogens with zero attached hydrogens (tertiary/aromatic N) is 1. The third-order valence-electron chi connectivity index (χ3n) is 5.76. The lowest BCUT2D eigenvalue weighted by Crippen LogP contribution is -2.51. The average Bonchev–Trinajstić information content (AvgIpc) is 2.55. The third kappa shape index (κ3) is 4.41. The number of aliphatic hydroxyl groups is 1. The number of piperidine rings is 1. The summed E-state index contributed by atoms with van der Waals surface area (Å²) in [5.41, 5.74) is -0.529. The van der Waals surface area contributed by atoms with Gasteiger partial charge in [0.25, 0.3) is 0 Å². The number of hydrogen-bond acceptors (Lipinski definition) is 4. The largest absolute Gasteiger partial charge is 0.388 e. The van der Waals surface area contributed by atoms with Crippen LogP contribution in [0.3, 0.4) is 0 Å². The van der Waals surface area contributed by atoms with Crippen molar-refractivity contribution in [1.29, 1.82) is 0 Å². The van der Waals surface area contributed by atoms with Crippen LogP contribution in [-0.2, 0) is 4.74 Å². The second kappa shape index (κ2) is 7.40. The monoisotopic (exact) mass is 296 g/mol. The first-order chi connectivity index (χ1) is 10.3. The second-order valence-electron chi connectivity index (χ2n) is 7.32.